The Bertz CT molecular complexity index is 1170. The number of sulfone groups is 1. The first-order chi connectivity index (χ1) is 14.8. The number of carbonyl (C=O) groups excluding carboxylic acids is 1. The number of rotatable bonds is 6. The summed E-state index contributed by atoms with van der Waals surface area (Å²) >= 11 is 0. The number of hydrogen-bond acceptors (Lipinski definition) is 5. The van der Waals surface area contributed by atoms with Crippen LogP contribution in [-0.4, -0.2) is 41.7 Å². The van der Waals surface area contributed by atoms with Crippen LogP contribution >= 0.6 is 0 Å². The van der Waals surface area contributed by atoms with Crippen molar-refractivity contribution in [2.45, 2.75) is 32.4 Å². The molecule has 0 saturated carbocycles. The van der Waals surface area contributed by atoms with E-state index in [4.69, 9.17) is 4.74 Å². The number of amides is 1. The number of carbonyl (C=O) groups is 1. The third kappa shape index (κ3) is 4.96. The molecular weight excluding hydrogens is 414 g/mol. The fourth-order valence-corrected chi connectivity index (χ4v) is 5.32. The molecule has 1 N–H and O–H groups in total. The Balaban J connectivity index is 1.61. The molecule has 7 nitrogen and oxygen atoms in total. The van der Waals surface area contributed by atoms with Gasteiger partial charge in [-0.15, -0.1) is 0 Å². The first-order valence-electron chi connectivity index (χ1n) is 10.2. The van der Waals surface area contributed by atoms with Crippen LogP contribution in [0, 0.1) is 0 Å². The number of nitrogens with zero attached hydrogens (tertiary/aromatic N) is 2. The van der Waals surface area contributed by atoms with Crippen LogP contribution in [0.25, 0.3) is 11.3 Å². The van der Waals surface area contributed by atoms with Crippen LogP contribution in [0.1, 0.15) is 36.7 Å². The zero-order chi connectivity index (χ0) is 22.0. The zero-order valence-corrected chi connectivity index (χ0v) is 18.3. The minimum absolute atomic E-state index is 0.0209. The van der Waals surface area contributed by atoms with Crippen LogP contribution in [0.2, 0.25) is 0 Å². The van der Waals surface area contributed by atoms with E-state index < -0.39 is 9.84 Å². The van der Waals surface area contributed by atoms with Gasteiger partial charge in [0.1, 0.15) is 11.6 Å². The average Bonchev–Trinajstić information content (AvgIpc) is 3.31. The maximum absolute atomic E-state index is 12.9. The van der Waals surface area contributed by atoms with Gasteiger partial charge in [0.05, 0.1) is 29.3 Å². The van der Waals surface area contributed by atoms with Gasteiger partial charge in [-0.3, -0.25) is 4.79 Å². The van der Waals surface area contributed by atoms with E-state index in [0.717, 1.165) is 5.56 Å². The Morgan fingerprint density at radius 3 is 2.45 bits per heavy atom. The van der Waals surface area contributed by atoms with E-state index in [2.05, 4.69) is 10.4 Å². The third-order valence-electron chi connectivity index (χ3n) is 5.09. The van der Waals surface area contributed by atoms with Gasteiger partial charge in [-0.2, -0.15) is 5.10 Å². The van der Waals surface area contributed by atoms with Crippen molar-refractivity contribution in [1.29, 1.82) is 0 Å². The SMILES string of the molecule is CC(C)Oc1ccc(C(=O)Nc2cc(-c3ccccc3)nn2[C@H]2CCS(=O)(=O)C2)cc1. The molecule has 31 heavy (non-hydrogen) atoms. The zero-order valence-electron chi connectivity index (χ0n) is 17.5. The Morgan fingerprint density at radius 2 is 1.84 bits per heavy atom. The lowest BCUT2D eigenvalue weighted by Crippen LogP contribution is -2.19. The molecule has 8 heteroatoms. The summed E-state index contributed by atoms with van der Waals surface area (Å²) in [6, 6.07) is 18.0. The molecule has 1 amide bonds. The summed E-state index contributed by atoms with van der Waals surface area (Å²) in [5, 5.41) is 7.55. The summed E-state index contributed by atoms with van der Waals surface area (Å²) in [5.41, 5.74) is 2.05. The first-order valence-corrected chi connectivity index (χ1v) is 12.1. The Morgan fingerprint density at radius 1 is 1.13 bits per heavy atom. The van der Waals surface area contributed by atoms with Gasteiger partial charge in [0, 0.05) is 17.2 Å². The molecule has 1 saturated heterocycles. The molecule has 1 aromatic heterocycles. The predicted molar refractivity (Wildman–Crippen MR) is 120 cm³/mol. The molecule has 3 aromatic rings. The molecule has 4 rings (SSSR count). The summed E-state index contributed by atoms with van der Waals surface area (Å²) in [6.07, 6.45) is 0.524. The second kappa shape index (κ2) is 8.55. The van der Waals surface area contributed by atoms with Crippen molar-refractivity contribution in [3.63, 3.8) is 0 Å². The van der Waals surface area contributed by atoms with E-state index in [1.165, 1.54) is 0 Å². The lowest BCUT2D eigenvalue weighted by atomic mass is 10.1. The summed E-state index contributed by atoms with van der Waals surface area (Å²) < 4.78 is 31.3. The normalized spacial score (nSPS) is 17.6. The van der Waals surface area contributed by atoms with Gasteiger partial charge in [-0.05, 0) is 44.5 Å². The summed E-state index contributed by atoms with van der Waals surface area (Å²) in [5.74, 6) is 1.03. The highest BCUT2D eigenvalue weighted by atomic mass is 32.2. The smallest absolute Gasteiger partial charge is 0.256 e. The van der Waals surface area contributed by atoms with E-state index in [-0.39, 0.29) is 29.6 Å². The average molecular weight is 440 g/mol. The quantitative estimate of drug-likeness (QED) is 0.628. The van der Waals surface area contributed by atoms with Gasteiger partial charge in [0.25, 0.3) is 5.91 Å². The number of hydrogen-bond donors (Lipinski definition) is 1. The van der Waals surface area contributed by atoms with Crippen molar-refractivity contribution in [2.24, 2.45) is 0 Å². The summed E-state index contributed by atoms with van der Waals surface area (Å²) in [4.78, 5) is 12.9. The van der Waals surface area contributed by atoms with Crippen molar-refractivity contribution in [3.8, 4) is 17.0 Å². The highest BCUT2D eigenvalue weighted by Crippen LogP contribution is 2.30. The lowest BCUT2D eigenvalue weighted by molar-refractivity contribution is 0.102. The molecule has 1 aliphatic heterocycles. The van der Waals surface area contributed by atoms with Crippen molar-refractivity contribution < 1.29 is 17.9 Å². The second-order valence-electron chi connectivity index (χ2n) is 7.93. The number of anilines is 1. The highest BCUT2D eigenvalue weighted by Gasteiger charge is 2.31. The van der Waals surface area contributed by atoms with Crippen LogP contribution in [-0.2, 0) is 9.84 Å². The molecule has 1 atom stereocenters. The van der Waals surface area contributed by atoms with Crippen LogP contribution in [0.4, 0.5) is 5.82 Å². The van der Waals surface area contributed by atoms with Crippen molar-refractivity contribution in [2.75, 3.05) is 16.8 Å². The third-order valence-corrected chi connectivity index (χ3v) is 6.84. The molecule has 0 spiro atoms. The van der Waals surface area contributed by atoms with E-state index >= 15 is 0 Å². The molecule has 0 aliphatic carbocycles. The van der Waals surface area contributed by atoms with Crippen molar-refractivity contribution in [1.82, 2.24) is 9.78 Å². The highest BCUT2D eigenvalue weighted by molar-refractivity contribution is 7.91. The topological polar surface area (TPSA) is 90.3 Å². The lowest BCUT2D eigenvalue weighted by Gasteiger charge is -2.14. The summed E-state index contributed by atoms with van der Waals surface area (Å²) in [6.45, 7) is 3.88. The van der Waals surface area contributed by atoms with Gasteiger partial charge in [0.15, 0.2) is 9.84 Å². The van der Waals surface area contributed by atoms with Crippen molar-refractivity contribution in [3.05, 3.63) is 66.2 Å². The molecule has 1 fully saturated rings. The molecule has 0 unspecified atom stereocenters. The van der Waals surface area contributed by atoms with Crippen LogP contribution < -0.4 is 10.1 Å². The molecule has 0 radical (unpaired) electrons. The first kappa shape index (κ1) is 21.1. The minimum atomic E-state index is -3.10. The number of benzene rings is 2. The molecule has 2 aromatic carbocycles. The van der Waals surface area contributed by atoms with Gasteiger partial charge >= 0.3 is 0 Å². The maximum atomic E-state index is 12.9. The predicted octanol–water partition coefficient (Wildman–Crippen LogP) is 3.95. The van der Waals surface area contributed by atoms with Gasteiger partial charge in [0.2, 0.25) is 0 Å². The molecule has 162 valence electrons. The van der Waals surface area contributed by atoms with E-state index in [0.29, 0.717) is 29.2 Å². The van der Waals surface area contributed by atoms with Crippen LogP contribution in [0.5, 0.6) is 5.75 Å². The molecule has 2 heterocycles. The standard InChI is InChI=1S/C23H25N3O4S/c1-16(2)30-20-10-8-18(9-11-20)23(27)24-22-14-21(17-6-4-3-5-7-17)25-26(22)19-12-13-31(28,29)15-19/h3-11,14,16,19H,12-13,15H2,1-2H3,(H,24,27)/t19-/m0/s1. The van der Waals surface area contributed by atoms with Crippen LogP contribution in [0.15, 0.2) is 60.7 Å². The van der Waals surface area contributed by atoms with Gasteiger partial charge in [-0.1, -0.05) is 30.3 Å². The molecular formula is C23H25N3O4S. The Kier molecular flexibility index (Phi) is 5.82. The monoisotopic (exact) mass is 439 g/mol. The number of aromatic nitrogens is 2. The maximum Gasteiger partial charge on any atom is 0.256 e. The van der Waals surface area contributed by atoms with Gasteiger partial charge < -0.3 is 10.1 Å². The molecule has 1 aliphatic rings. The Labute approximate surface area is 182 Å². The van der Waals surface area contributed by atoms with Gasteiger partial charge in [-0.25, -0.2) is 13.1 Å². The van der Waals surface area contributed by atoms with Crippen LogP contribution in [0.3, 0.4) is 0 Å². The van der Waals surface area contributed by atoms with E-state index in [1.54, 1.807) is 35.0 Å². The number of nitrogens with one attached hydrogen (secondary N) is 1. The minimum Gasteiger partial charge on any atom is -0.491 e. The second-order valence-corrected chi connectivity index (χ2v) is 10.2. The summed E-state index contributed by atoms with van der Waals surface area (Å²) in [7, 11) is -3.10. The van der Waals surface area contributed by atoms with Crippen molar-refractivity contribution >= 4 is 21.6 Å². The fraction of sp³-hybridized carbons (Fsp3) is 0.304. The van der Waals surface area contributed by atoms with E-state index in [9.17, 15) is 13.2 Å². The fourth-order valence-electron chi connectivity index (χ4n) is 3.63. The molecule has 0 bridgehead atoms. The number of ether oxygens (including phenoxy) is 1. The largest absolute Gasteiger partial charge is 0.491 e. The Hall–Kier alpha value is -3.13. The van der Waals surface area contributed by atoms with E-state index in [1.807, 2.05) is 44.2 Å².